The molecule has 0 amide bonds. The number of aromatic nitrogens is 1. The van der Waals surface area contributed by atoms with Gasteiger partial charge in [-0.3, -0.25) is 0 Å². The van der Waals surface area contributed by atoms with Crippen LogP contribution in [0.15, 0.2) is 218 Å². The van der Waals surface area contributed by atoms with Crippen molar-refractivity contribution in [3.05, 3.63) is 218 Å². The maximum Gasteiger partial charge on any atom is 0.0553 e. The van der Waals surface area contributed by atoms with E-state index >= 15 is 0 Å². The molecule has 0 aliphatic rings. The number of benzene rings is 10. The lowest BCUT2D eigenvalue weighted by Gasteiger charge is -2.28. The highest BCUT2D eigenvalue weighted by atomic mass is 15.1. The zero-order valence-electron chi connectivity index (χ0n) is 30.7. The lowest BCUT2D eigenvalue weighted by atomic mass is 9.92. The average Bonchev–Trinajstić information content (AvgIpc) is 3.60. The maximum absolute atomic E-state index is 2.42. The first-order valence-electron chi connectivity index (χ1n) is 19.3. The fraction of sp³-hybridized carbons (Fsp3) is 0. The summed E-state index contributed by atoms with van der Waals surface area (Å²) in [4.78, 5) is 2.42. The van der Waals surface area contributed by atoms with Crippen LogP contribution < -0.4 is 4.90 Å². The lowest BCUT2D eigenvalue weighted by molar-refractivity contribution is 1.18. The summed E-state index contributed by atoms with van der Waals surface area (Å²) in [5, 5.41) is 9.89. The summed E-state index contributed by atoms with van der Waals surface area (Å²) in [5.74, 6) is 0. The van der Waals surface area contributed by atoms with Gasteiger partial charge in [0.25, 0.3) is 0 Å². The molecule has 0 saturated carbocycles. The molecule has 0 N–H and O–H groups in total. The number of hydrogen-bond donors (Lipinski definition) is 0. The summed E-state index contributed by atoms with van der Waals surface area (Å²) < 4.78 is 2.42. The molecule has 0 atom stereocenters. The Morgan fingerprint density at radius 1 is 0.339 bits per heavy atom. The van der Waals surface area contributed by atoms with Gasteiger partial charge < -0.3 is 9.47 Å². The number of para-hydroxylation sites is 2. The van der Waals surface area contributed by atoms with Crippen LogP contribution in [0.25, 0.3) is 82.1 Å². The molecular formula is C54H36N2. The number of anilines is 3. The molecule has 11 rings (SSSR count). The Labute approximate surface area is 325 Å². The quantitative estimate of drug-likeness (QED) is 0.167. The molecule has 262 valence electrons. The first kappa shape index (κ1) is 32.0. The van der Waals surface area contributed by atoms with E-state index in [-0.39, 0.29) is 0 Å². The molecule has 0 fully saturated rings. The van der Waals surface area contributed by atoms with Crippen molar-refractivity contribution in [3.8, 4) is 27.9 Å². The fourth-order valence-electron chi connectivity index (χ4n) is 8.84. The minimum atomic E-state index is 1.10. The minimum absolute atomic E-state index is 1.10. The predicted molar refractivity (Wildman–Crippen MR) is 239 cm³/mol. The molecule has 0 spiro atoms. The SMILES string of the molecule is c1ccc(-n2c3ccccc3c3c(-c4cccc(N(c5ccc(-c6cccc7ccccc67)cc5)c5cccc6ccccc56)c4)c4ccccc4cc32)cc1. The first-order chi connectivity index (χ1) is 27.8. The van der Waals surface area contributed by atoms with E-state index in [2.05, 4.69) is 228 Å². The molecule has 1 heterocycles. The van der Waals surface area contributed by atoms with Crippen molar-refractivity contribution in [3.63, 3.8) is 0 Å². The highest BCUT2D eigenvalue weighted by molar-refractivity contribution is 6.23. The molecule has 0 aliphatic heterocycles. The van der Waals surface area contributed by atoms with Crippen LogP contribution in [-0.4, -0.2) is 4.57 Å². The molecule has 10 aromatic carbocycles. The van der Waals surface area contributed by atoms with Crippen LogP contribution in [0.3, 0.4) is 0 Å². The van der Waals surface area contributed by atoms with Gasteiger partial charge in [0.2, 0.25) is 0 Å². The number of hydrogen-bond acceptors (Lipinski definition) is 1. The van der Waals surface area contributed by atoms with Gasteiger partial charge in [-0.2, -0.15) is 0 Å². The summed E-state index contributed by atoms with van der Waals surface area (Å²) in [6, 6.07) is 79.5. The Morgan fingerprint density at radius 2 is 0.946 bits per heavy atom. The summed E-state index contributed by atoms with van der Waals surface area (Å²) in [5.41, 5.74) is 11.8. The van der Waals surface area contributed by atoms with E-state index in [0.717, 1.165) is 22.7 Å². The van der Waals surface area contributed by atoms with Gasteiger partial charge in [-0.15, -0.1) is 0 Å². The van der Waals surface area contributed by atoms with Crippen LogP contribution in [0.4, 0.5) is 17.1 Å². The van der Waals surface area contributed by atoms with Gasteiger partial charge in [-0.05, 0) is 104 Å². The smallest absolute Gasteiger partial charge is 0.0553 e. The second-order valence-corrected chi connectivity index (χ2v) is 14.5. The summed E-state index contributed by atoms with van der Waals surface area (Å²) in [7, 11) is 0. The van der Waals surface area contributed by atoms with Crippen LogP contribution in [0, 0.1) is 0 Å². The van der Waals surface area contributed by atoms with Gasteiger partial charge in [0, 0.05) is 33.2 Å². The van der Waals surface area contributed by atoms with Crippen LogP contribution in [0.5, 0.6) is 0 Å². The predicted octanol–water partition coefficient (Wildman–Crippen LogP) is 15.0. The Morgan fingerprint density at radius 3 is 1.75 bits per heavy atom. The van der Waals surface area contributed by atoms with Gasteiger partial charge in [0.05, 0.1) is 16.7 Å². The van der Waals surface area contributed by atoms with Gasteiger partial charge in [-0.25, -0.2) is 0 Å². The largest absolute Gasteiger partial charge is 0.310 e. The molecule has 11 aromatic rings. The summed E-state index contributed by atoms with van der Waals surface area (Å²) in [6.45, 7) is 0. The molecule has 56 heavy (non-hydrogen) atoms. The van der Waals surface area contributed by atoms with Gasteiger partial charge >= 0.3 is 0 Å². The van der Waals surface area contributed by atoms with E-state index in [9.17, 15) is 0 Å². The Balaban J connectivity index is 1.15. The van der Waals surface area contributed by atoms with Gasteiger partial charge in [0.15, 0.2) is 0 Å². The van der Waals surface area contributed by atoms with E-state index in [1.807, 2.05) is 0 Å². The standard InChI is InChI=1S/C54H36N2/c1-2-21-42(22-3-1)56-51-29-11-10-27-49(51)54-52(56)36-40-17-6-9-26-48(40)53(54)41-20-12-23-44(35-41)55(50-30-14-19-38-16-5-8-25-47(38)50)43-33-31-39(32-34-43)46-28-13-18-37-15-4-7-24-45(37)46/h1-36H. The second-order valence-electron chi connectivity index (χ2n) is 14.5. The second kappa shape index (κ2) is 13.2. The number of rotatable bonds is 6. The number of nitrogens with zero attached hydrogens (tertiary/aromatic N) is 2. The maximum atomic E-state index is 2.42. The van der Waals surface area contributed by atoms with E-state index < -0.39 is 0 Å². The van der Waals surface area contributed by atoms with Crippen molar-refractivity contribution in [1.29, 1.82) is 0 Å². The minimum Gasteiger partial charge on any atom is -0.310 e. The molecule has 0 bridgehead atoms. The normalized spacial score (nSPS) is 11.6. The Hall–Kier alpha value is -7.42. The third kappa shape index (κ3) is 5.19. The van der Waals surface area contributed by atoms with Crippen molar-refractivity contribution in [2.75, 3.05) is 4.90 Å². The molecule has 0 aliphatic carbocycles. The Kier molecular flexibility index (Phi) is 7.53. The van der Waals surface area contributed by atoms with E-state index in [1.54, 1.807) is 0 Å². The zero-order valence-corrected chi connectivity index (χ0v) is 30.7. The topological polar surface area (TPSA) is 8.17 Å². The van der Waals surface area contributed by atoms with Crippen molar-refractivity contribution < 1.29 is 0 Å². The van der Waals surface area contributed by atoms with Crippen LogP contribution in [0.2, 0.25) is 0 Å². The van der Waals surface area contributed by atoms with Crippen LogP contribution in [0.1, 0.15) is 0 Å². The third-order valence-electron chi connectivity index (χ3n) is 11.3. The van der Waals surface area contributed by atoms with E-state index in [0.29, 0.717) is 0 Å². The molecule has 2 nitrogen and oxygen atoms in total. The molecule has 0 saturated heterocycles. The van der Waals surface area contributed by atoms with Crippen LogP contribution >= 0.6 is 0 Å². The molecule has 1 aromatic heterocycles. The third-order valence-corrected chi connectivity index (χ3v) is 11.3. The molecule has 2 heteroatoms. The summed E-state index contributed by atoms with van der Waals surface area (Å²) in [6.07, 6.45) is 0. The van der Waals surface area contributed by atoms with Gasteiger partial charge in [-0.1, -0.05) is 164 Å². The van der Waals surface area contributed by atoms with Crippen molar-refractivity contribution >= 4 is 71.2 Å². The van der Waals surface area contributed by atoms with Crippen molar-refractivity contribution in [2.24, 2.45) is 0 Å². The summed E-state index contributed by atoms with van der Waals surface area (Å²) >= 11 is 0. The first-order valence-corrected chi connectivity index (χ1v) is 19.3. The number of fused-ring (bicyclic) bond motifs is 6. The monoisotopic (exact) mass is 712 g/mol. The molecule has 0 unspecified atom stereocenters. The fourth-order valence-corrected chi connectivity index (χ4v) is 8.84. The van der Waals surface area contributed by atoms with E-state index in [1.165, 1.54) is 76.4 Å². The highest BCUT2D eigenvalue weighted by Crippen LogP contribution is 2.46. The molecule has 0 radical (unpaired) electrons. The van der Waals surface area contributed by atoms with Gasteiger partial charge in [0.1, 0.15) is 0 Å². The van der Waals surface area contributed by atoms with Crippen molar-refractivity contribution in [2.45, 2.75) is 0 Å². The average molecular weight is 713 g/mol. The van der Waals surface area contributed by atoms with Crippen molar-refractivity contribution in [1.82, 2.24) is 4.57 Å². The highest BCUT2D eigenvalue weighted by Gasteiger charge is 2.21. The van der Waals surface area contributed by atoms with E-state index in [4.69, 9.17) is 0 Å². The van der Waals surface area contributed by atoms with Crippen LogP contribution in [-0.2, 0) is 0 Å². The zero-order chi connectivity index (χ0) is 37.0. The Bertz CT molecular complexity index is 3240. The molecular weight excluding hydrogens is 677 g/mol. The lowest BCUT2D eigenvalue weighted by Crippen LogP contribution is -2.10.